The first-order valence-corrected chi connectivity index (χ1v) is 12.0. The summed E-state index contributed by atoms with van der Waals surface area (Å²) in [6.07, 6.45) is 10.8. The summed E-state index contributed by atoms with van der Waals surface area (Å²) in [6, 6.07) is 16.5. The molecule has 0 aliphatic carbocycles. The normalized spacial score (nSPS) is 13.7. The minimum absolute atomic E-state index is 0.450. The Morgan fingerprint density at radius 1 is 0.971 bits per heavy atom. The number of rotatable bonds is 7. The SMILES string of the molecule is Nc1ncc(-c2ccc(N3CCCC3)nc2)cc1-c1nn(Cc2ccccc2)cc1C/C=C/Cl. The average Bonchev–Trinajstić information content (AvgIpc) is 3.54. The molecule has 1 fully saturated rings. The van der Waals surface area contributed by atoms with Crippen molar-refractivity contribution in [1.29, 1.82) is 0 Å². The zero-order valence-electron chi connectivity index (χ0n) is 18.9. The van der Waals surface area contributed by atoms with Crippen molar-refractivity contribution in [3.8, 4) is 22.4 Å². The Morgan fingerprint density at radius 3 is 2.50 bits per heavy atom. The van der Waals surface area contributed by atoms with Crippen LogP contribution in [0.3, 0.4) is 0 Å². The number of pyridine rings is 2. The molecule has 0 amide bonds. The van der Waals surface area contributed by atoms with Crippen molar-refractivity contribution in [2.75, 3.05) is 23.7 Å². The fourth-order valence-electron chi connectivity index (χ4n) is 4.37. The van der Waals surface area contributed by atoms with Gasteiger partial charge >= 0.3 is 0 Å². The van der Waals surface area contributed by atoms with Crippen LogP contribution in [0.15, 0.2) is 78.7 Å². The molecule has 1 aliphatic rings. The summed E-state index contributed by atoms with van der Waals surface area (Å²) >= 11 is 5.83. The van der Waals surface area contributed by atoms with Gasteiger partial charge in [-0.3, -0.25) is 4.68 Å². The monoisotopic (exact) mass is 470 g/mol. The van der Waals surface area contributed by atoms with E-state index in [-0.39, 0.29) is 0 Å². The molecule has 3 aromatic heterocycles. The topological polar surface area (TPSA) is 72.9 Å². The molecule has 0 unspecified atom stereocenters. The molecule has 5 rings (SSSR count). The largest absolute Gasteiger partial charge is 0.383 e. The van der Waals surface area contributed by atoms with Gasteiger partial charge in [0.05, 0.1) is 12.2 Å². The van der Waals surface area contributed by atoms with Crippen LogP contribution in [0.2, 0.25) is 0 Å². The number of halogens is 1. The van der Waals surface area contributed by atoms with Crippen LogP contribution in [0.4, 0.5) is 11.6 Å². The fourth-order valence-corrected chi connectivity index (χ4v) is 4.46. The molecular weight excluding hydrogens is 444 g/mol. The van der Waals surface area contributed by atoms with Gasteiger partial charge in [-0.15, -0.1) is 0 Å². The van der Waals surface area contributed by atoms with E-state index in [2.05, 4.69) is 46.4 Å². The molecule has 4 heterocycles. The van der Waals surface area contributed by atoms with E-state index in [0.717, 1.165) is 46.9 Å². The first kappa shape index (κ1) is 22.2. The second-order valence-electron chi connectivity index (χ2n) is 8.51. The Kier molecular flexibility index (Phi) is 6.58. The first-order valence-electron chi connectivity index (χ1n) is 11.5. The van der Waals surface area contributed by atoms with Gasteiger partial charge in [-0.05, 0) is 43.0 Å². The predicted molar refractivity (Wildman–Crippen MR) is 139 cm³/mol. The number of allylic oxidation sites excluding steroid dienone is 1. The molecule has 0 saturated carbocycles. The fraction of sp³-hybridized carbons (Fsp3) is 0.222. The quantitative estimate of drug-likeness (QED) is 0.384. The summed E-state index contributed by atoms with van der Waals surface area (Å²) in [7, 11) is 0. The molecule has 0 spiro atoms. The standard InChI is InChI=1S/C27H27ClN6/c28-12-6-9-22-19-34(18-20-7-2-1-3-8-20)32-26(22)24-15-23(17-31-27(24)29)21-10-11-25(30-16-21)33-13-4-5-14-33/h1-3,6-8,10-12,15-17,19H,4-5,9,13-14,18H2,(H2,29,31)/b12-6+. The van der Waals surface area contributed by atoms with Gasteiger partial charge in [0.1, 0.15) is 11.6 Å². The maximum Gasteiger partial charge on any atom is 0.132 e. The van der Waals surface area contributed by atoms with Crippen LogP contribution < -0.4 is 10.6 Å². The van der Waals surface area contributed by atoms with Crippen LogP contribution in [0.5, 0.6) is 0 Å². The van der Waals surface area contributed by atoms with Crippen molar-refractivity contribution in [2.45, 2.75) is 25.8 Å². The van der Waals surface area contributed by atoms with Gasteiger partial charge < -0.3 is 10.6 Å². The summed E-state index contributed by atoms with van der Waals surface area (Å²) in [5.74, 6) is 1.48. The van der Waals surface area contributed by atoms with E-state index in [9.17, 15) is 0 Å². The van der Waals surface area contributed by atoms with Crippen molar-refractivity contribution in [2.24, 2.45) is 0 Å². The predicted octanol–water partition coefficient (Wildman–Crippen LogP) is 5.53. The van der Waals surface area contributed by atoms with E-state index in [1.54, 1.807) is 6.20 Å². The van der Waals surface area contributed by atoms with Crippen LogP contribution in [-0.2, 0) is 13.0 Å². The lowest BCUT2D eigenvalue weighted by Crippen LogP contribution is -2.18. The van der Waals surface area contributed by atoms with Crippen molar-refractivity contribution < 1.29 is 0 Å². The van der Waals surface area contributed by atoms with E-state index in [4.69, 9.17) is 27.4 Å². The number of nitrogens with two attached hydrogens (primary N) is 1. The average molecular weight is 471 g/mol. The van der Waals surface area contributed by atoms with Crippen molar-refractivity contribution in [3.05, 3.63) is 89.9 Å². The highest BCUT2D eigenvalue weighted by atomic mass is 35.5. The van der Waals surface area contributed by atoms with Gasteiger partial charge in [-0.25, -0.2) is 9.97 Å². The number of benzene rings is 1. The number of nitrogen functional groups attached to an aromatic ring is 1. The molecular formula is C27H27ClN6. The second kappa shape index (κ2) is 10.1. The smallest absolute Gasteiger partial charge is 0.132 e. The van der Waals surface area contributed by atoms with Gasteiger partial charge in [0.2, 0.25) is 0 Å². The van der Waals surface area contributed by atoms with Crippen molar-refractivity contribution in [3.63, 3.8) is 0 Å². The van der Waals surface area contributed by atoms with Gasteiger partial charge in [0, 0.05) is 59.5 Å². The van der Waals surface area contributed by atoms with E-state index in [1.165, 1.54) is 23.9 Å². The zero-order chi connectivity index (χ0) is 23.3. The lowest BCUT2D eigenvalue weighted by atomic mass is 10.0. The first-order chi connectivity index (χ1) is 16.7. The van der Waals surface area contributed by atoms with Gasteiger partial charge in [0.15, 0.2) is 0 Å². The number of aromatic nitrogens is 4. The third-order valence-electron chi connectivity index (χ3n) is 6.14. The Morgan fingerprint density at radius 2 is 1.76 bits per heavy atom. The summed E-state index contributed by atoms with van der Waals surface area (Å²) in [6.45, 7) is 2.82. The molecule has 0 atom stereocenters. The molecule has 34 heavy (non-hydrogen) atoms. The van der Waals surface area contributed by atoms with Crippen LogP contribution in [0.25, 0.3) is 22.4 Å². The number of hydrogen-bond acceptors (Lipinski definition) is 5. The van der Waals surface area contributed by atoms with Gasteiger partial charge in [-0.1, -0.05) is 48.0 Å². The van der Waals surface area contributed by atoms with Gasteiger partial charge in [-0.2, -0.15) is 5.10 Å². The molecule has 1 saturated heterocycles. The Bertz CT molecular complexity index is 1270. The van der Waals surface area contributed by atoms with Gasteiger partial charge in [0.25, 0.3) is 0 Å². The molecule has 2 N–H and O–H groups in total. The summed E-state index contributed by atoms with van der Waals surface area (Å²) in [4.78, 5) is 11.5. The highest BCUT2D eigenvalue weighted by Gasteiger charge is 2.17. The minimum atomic E-state index is 0.450. The molecule has 6 nitrogen and oxygen atoms in total. The van der Waals surface area contributed by atoms with E-state index in [0.29, 0.717) is 18.8 Å². The molecule has 0 bridgehead atoms. The third kappa shape index (κ3) is 4.82. The summed E-state index contributed by atoms with van der Waals surface area (Å²) < 4.78 is 1.95. The van der Waals surface area contributed by atoms with Crippen LogP contribution in [-0.4, -0.2) is 32.8 Å². The number of nitrogens with zero attached hydrogens (tertiary/aromatic N) is 5. The third-order valence-corrected chi connectivity index (χ3v) is 6.31. The zero-order valence-corrected chi connectivity index (χ0v) is 19.7. The number of hydrogen-bond donors (Lipinski definition) is 1. The molecule has 1 aliphatic heterocycles. The Balaban J connectivity index is 1.48. The minimum Gasteiger partial charge on any atom is -0.383 e. The van der Waals surface area contributed by atoms with E-state index in [1.807, 2.05) is 35.2 Å². The molecule has 7 heteroatoms. The molecule has 0 radical (unpaired) electrons. The Hall–Kier alpha value is -3.64. The maximum absolute atomic E-state index is 6.34. The summed E-state index contributed by atoms with van der Waals surface area (Å²) in [5, 5.41) is 4.89. The second-order valence-corrected chi connectivity index (χ2v) is 8.76. The summed E-state index contributed by atoms with van der Waals surface area (Å²) in [5.41, 5.74) is 13.7. The van der Waals surface area contributed by atoms with Crippen LogP contribution >= 0.6 is 11.6 Å². The number of anilines is 2. The lowest BCUT2D eigenvalue weighted by molar-refractivity contribution is 0.688. The molecule has 1 aromatic carbocycles. The lowest BCUT2D eigenvalue weighted by Gasteiger charge is -2.16. The van der Waals surface area contributed by atoms with Crippen LogP contribution in [0, 0.1) is 0 Å². The van der Waals surface area contributed by atoms with E-state index >= 15 is 0 Å². The Labute approximate surface area is 204 Å². The van der Waals surface area contributed by atoms with Crippen molar-refractivity contribution in [1.82, 2.24) is 19.7 Å². The molecule has 4 aromatic rings. The van der Waals surface area contributed by atoms with Crippen LogP contribution in [0.1, 0.15) is 24.0 Å². The maximum atomic E-state index is 6.34. The van der Waals surface area contributed by atoms with Crippen molar-refractivity contribution >= 4 is 23.2 Å². The van der Waals surface area contributed by atoms with E-state index < -0.39 is 0 Å². The highest BCUT2D eigenvalue weighted by molar-refractivity contribution is 6.25. The highest BCUT2D eigenvalue weighted by Crippen LogP contribution is 2.32. The molecule has 172 valence electrons.